The molecule has 0 atom stereocenters. The highest BCUT2D eigenvalue weighted by molar-refractivity contribution is 6.31. The Bertz CT molecular complexity index is 907. The quantitative estimate of drug-likeness (QED) is 0.676. The number of halogens is 1. The lowest BCUT2D eigenvalue weighted by atomic mass is 9.75. The van der Waals surface area contributed by atoms with E-state index < -0.39 is 0 Å². The Morgan fingerprint density at radius 1 is 1.08 bits per heavy atom. The van der Waals surface area contributed by atoms with Crippen LogP contribution in [0.25, 0.3) is 11.0 Å². The van der Waals surface area contributed by atoms with E-state index in [0.717, 1.165) is 35.3 Å². The fourth-order valence-electron chi connectivity index (χ4n) is 3.11. The van der Waals surface area contributed by atoms with Crippen molar-refractivity contribution in [2.24, 2.45) is 0 Å². The van der Waals surface area contributed by atoms with Gasteiger partial charge >= 0.3 is 0 Å². The summed E-state index contributed by atoms with van der Waals surface area (Å²) < 4.78 is 0. The lowest BCUT2D eigenvalue weighted by Gasteiger charge is -2.37. The van der Waals surface area contributed by atoms with E-state index in [2.05, 4.69) is 20.3 Å². The maximum Gasteiger partial charge on any atom is 0.146 e. The van der Waals surface area contributed by atoms with Crippen molar-refractivity contribution in [3.8, 4) is 0 Å². The fourth-order valence-corrected chi connectivity index (χ4v) is 3.28. The largest absolute Gasteiger partial charge is 0.396 e. The van der Waals surface area contributed by atoms with E-state index in [1.165, 1.54) is 0 Å². The van der Waals surface area contributed by atoms with E-state index in [9.17, 15) is 0 Å². The Kier molecular flexibility index (Phi) is 3.61. The smallest absolute Gasteiger partial charge is 0.146 e. The number of hydrogen-bond donors (Lipinski definition) is 3. The van der Waals surface area contributed by atoms with E-state index in [0.29, 0.717) is 28.5 Å². The predicted octanol–water partition coefficient (Wildman–Crippen LogP) is 3.20. The van der Waals surface area contributed by atoms with Crippen LogP contribution in [0.2, 0.25) is 5.02 Å². The number of nitrogens with one attached hydrogen (secondary N) is 1. The molecule has 5 N–H and O–H groups in total. The first-order valence-electron chi connectivity index (χ1n) is 7.79. The second-order valence-corrected chi connectivity index (χ2v) is 6.53. The molecule has 7 heteroatoms. The molecule has 6 nitrogen and oxygen atoms in total. The van der Waals surface area contributed by atoms with Crippen LogP contribution in [0.5, 0.6) is 0 Å². The minimum Gasteiger partial charge on any atom is -0.396 e. The number of nitrogen functional groups attached to an aromatic ring is 2. The molecule has 4 rings (SSSR count). The molecule has 0 unspecified atom stereocenters. The van der Waals surface area contributed by atoms with Gasteiger partial charge in [-0.1, -0.05) is 11.6 Å². The van der Waals surface area contributed by atoms with Gasteiger partial charge in [0.25, 0.3) is 0 Å². The first-order chi connectivity index (χ1) is 11.6. The third-order valence-electron chi connectivity index (χ3n) is 4.49. The van der Waals surface area contributed by atoms with Gasteiger partial charge in [0.2, 0.25) is 0 Å². The number of rotatable bonds is 3. The molecule has 0 bridgehead atoms. The minimum atomic E-state index is 0.342. The van der Waals surface area contributed by atoms with E-state index in [-0.39, 0.29) is 0 Å². The van der Waals surface area contributed by atoms with Gasteiger partial charge in [-0.15, -0.1) is 0 Å². The summed E-state index contributed by atoms with van der Waals surface area (Å²) >= 11 is 6.01. The molecule has 1 fully saturated rings. The molecule has 2 heterocycles. The summed E-state index contributed by atoms with van der Waals surface area (Å²) in [4.78, 5) is 13.0. The van der Waals surface area contributed by atoms with Crippen molar-refractivity contribution in [3.63, 3.8) is 0 Å². The van der Waals surface area contributed by atoms with Gasteiger partial charge in [-0.25, -0.2) is 9.97 Å². The molecular weight excluding hydrogens is 324 g/mol. The molecule has 0 aliphatic heterocycles. The number of benzene rings is 1. The van der Waals surface area contributed by atoms with Crippen molar-refractivity contribution >= 4 is 40.0 Å². The topological polar surface area (TPSA) is 103 Å². The van der Waals surface area contributed by atoms with E-state index >= 15 is 0 Å². The monoisotopic (exact) mass is 340 g/mol. The number of nitrogens with zero attached hydrogens (tertiary/aromatic N) is 3. The van der Waals surface area contributed by atoms with Crippen LogP contribution in [0.1, 0.15) is 24.3 Å². The SMILES string of the molecule is Nc1nccc(C2CC(Nc3cnc4ccc(Cl)cc4n3)C2)c1N. The summed E-state index contributed by atoms with van der Waals surface area (Å²) in [5, 5.41) is 4.08. The standard InChI is InChI=1S/C17H17ClN6/c18-10-1-2-13-14(7-10)24-15(8-22-13)23-11-5-9(6-11)12-3-4-21-17(20)16(12)19/h1-4,7-9,11H,5-6,19H2,(H2,20,21)(H,23,24). The first-order valence-corrected chi connectivity index (χ1v) is 8.16. The predicted molar refractivity (Wildman–Crippen MR) is 97.0 cm³/mol. The maximum atomic E-state index is 6.02. The lowest BCUT2D eigenvalue weighted by Crippen LogP contribution is -2.34. The van der Waals surface area contributed by atoms with Crippen LogP contribution in [0.4, 0.5) is 17.3 Å². The fraction of sp³-hybridized carbons (Fsp3) is 0.235. The van der Waals surface area contributed by atoms with E-state index in [4.69, 9.17) is 23.1 Å². The second-order valence-electron chi connectivity index (χ2n) is 6.10. The normalized spacial score (nSPS) is 19.9. The van der Waals surface area contributed by atoms with Crippen LogP contribution in [0, 0.1) is 0 Å². The highest BCUT2D eigenvalue weighted by Gasteiger charge is 2.32. The summed E-state index contributed by atoms with van der Waals surface area (Å²) in [7, 11) is 0. The lowest BCUT2D eigenvalue weighted by molar-refractivity contribution is 0.374. The number of anilines is 3. The summed E-state index contributed by atoms with van der Waals surface area (Å²) in [5.41, 5.74) is 15.1. The van der Waals surface area contributed by atoms with E-state index in [1.54, 1.807) is 12.4 Å². The highest BCUT2D eigenvalue weighted by atomic mass is 35.5. The van der Waals surface area contributed by atoms with Crippen molar-refractivity contribution in [2.45, 2.75) is 24.8 Å². The Balaban J connectivity index is 1.45. The second kappa shape index (κ2) is 5.79. The number of nitrogens with two attached hydrogens (primary N) is 2. The van der Waals surface area contributed by atoms with Crippen LogP contribution >= 0.6 is 11.6 Å². The van der Waals surface area contributed by atoms with Gasteiger partial charge in [-0.2, -0.15) is 0 Å². The van der Waals surface area contributed by atoms with Crippen molar-refractivity contribution in [1.29, 1.82) is 0 Å². The molecule has 3 aromatic rings. The molecule has 2 aromatic heterocycles. The molecule has 1 saturated carbocycles. The van der Waals surface area contributed by atoms with Crippen molar-refractivity contribution in [1.82, 2.24) is 15.0 Å². The Morgan fingerprint density at radius 3 is 2.75 bits per heavy atom. The molecular formula is C17H17ClN6. The van der Waals surface area contributed by atoms with Gasteiger partial charge in [0.1, 0.15) is 11.6 Å². The molecule has 0 radical (unpaired) electrons. The first kappa shape index (κ1) is 15.0. The van der Waals surface area contributed by atoms with Gasteiger partial charge in [0.05, 0.1) is 22.9 Å². The summed E-state index contributed by atoms with van der Waals surface area (Å²) in [6.07, 6.45) is 5.41. The van der Waals surface area contributed by atoms with Gasteiger partial charge in [-0.05, 0) is 48.6 Å². The number of fused-ring (bicyclic) bond motifs is 1. The van der Waals surface area contributed by atoms with Crippen molar-refractivity contribution in [2.75, 3.05) is 16.8 Å². The van der Waals surface area contributed by atoms with Gasteiger partial charge < -0.3 is 16.8 Å². The number of pyridine rings is 1. The molecule has 24 heavy (non-hydrogen) atoms. The minimum absolute atomic E-state index is 0.342. The van der Waals surface area contributed by atoms with Gasteiger partial charge in [-0.3, -0.25) is 4.98 Å². The molecule has 1 aromatic carbocycles. The number of aromatic nitrogens is 3. The van der Waals surface area contributed by atoms with Gasteiger partial charge in [0, 0.05) is 17.3 Å². The van der Waals surface area contributed by atoms with Crippen LogP contribution in [-0.4, -0.2) is 21.0 Å². The third-order valence-corrected chi connectivity index (χ3v) is 4.72. The summed E-state index contributed by atoms with van der Waals surface area (Å²) in [5.74, 6) is 1.56. The molecule has 0 saturated heterocycles. The van der Waals surface area contributed by atoms with Crippen molar-refractivity contribution < 1.29 is 0 Å². The molecule has 0 amide bonds. The van der Waals surface area contributed by atoms with Crippen molar-refractivity contribution in [3.05, 3.63) is 47.2 Å². The zero-order valence-corrected chi connectivity index (χ0v) is 13.7. The van der Waals surface area contributed by atoms with Gasteiger partial charge in [0.15, 0.2) is 0 Å². The molecule has 122 valence electrons. The average Bonchev–Trinajstić information content (AvgIpc) is 2.53. The highest BCUT2D eigenvalue weighted by Crippen LogP contribution is 2.41. The molecule has 0 spiro atoms. The Labute approximate surface area is 144 Å². The summed E-state index contributed by atoms with van der Waals surface area (Å²) in [6.45, 7) is 0. The average molecular weight is 341 g/mol. The number of hydrogen-bond acceptors (Lipinski definition) is 6. The Morgan fingerprint density at radius 2 is 1.92 bits per heavy atom. The van der Waals surface area contributed by atoms with Crippen LogP contribution < -0.4 is 16.8 Å². The maximum absolute atomic E-state index is 6.02. The molecule has 1 aliphatic carbocycles. The summed E-state index contributed by atoms with van der Waals surface area (Å²) in [6, 6.07) is 7.79. The van der Waals surface area contributed by atoms with Crippen LogP contribution in [0.15, 0.2) is 36.7 Å². The Hall–Kier alpha value is -2.60. The van der Waals surface area contributed by atoms with Crippen LogP contribution in [-0.2, 0) is 0 Å². The van der Waals surface area contributed by atoms with Crippen LogP contribution in [0.3, 0.4) is 0 Å². The third kappa shape index (κ3) is 2.69. The van der Waals surface area contributed by atoms with E-state index in [1.807, 2.05) is 24.3 Å². The zero-order chi connectivity index (χ0) is 16.7. The molecule has 1 aliphatic rings. The zero-order valence-electron chi connectivity index (χ0n) is 12.9.